The van der Waals surface area contributed by atoms with Gasteiger partial charge in [0, 0.05) is 7.97 Å². The van der Waals surface area contributed by atoms with E-state index in [9.17, 15) is 0 Å². The molecule has 0 bridgehead atoms. The molecule has 0 radical (unpaired) electrons. The second kappa shape index (κ2) is 4.86. The van der Waals surface area contributed by atoms with Gasteiger partial charge in [0.1, 0.15) is 0 Å². The summed E-state index contributed by atoms with van der Waals surface area (Å²) in [4.78, 5) is 0. The highest BCUT2D eigenvalue weighted by Gasteiger charge is 2.34. The molecule has 0 atom stereocenters. The van der Waals surface area contributed by atoms with Gasteiger partial charge in [-0.3, -0.25) is 0 Å². The van der Waals surface area contributed by atoms with Gasteiger partial charge in [0.05, 0.1) is 0 Å². The summed E-state index contributed by atoms with van der Waals surface area (Å²) < 4.78 is 0. The second-order valence-corrected chi connectivity index (χ2v) is 3.99. The van der Waals surface area contributed by atoms with E-state index in [-0.39, 0.29) is 1.43 Å². The zero-order chi connectivity index (χ0) is 8.86. The van der Waals surface area contributed by atoms with Gasteiger partial charge in [-0.2, -0.15) is 0 Å². The zero-order valence-corrected chi connectivity index (χ0v) is 8.66. The van der Waals surface area contributed by atoms with Crippen molar-refractivity contribution < 1.29 is 1.43 Å². The van der Waals surface area contributed by atoms with Crippen LogP contribution in [0.2, 0.25) is 0 Å². The second-order valence-electron chi connectivity index (χ2n) is 3.99. The summed E-state index contributed by atoms with van der Waals surface area (Å²) >= 11 is 0. The van der Waals surface area contributed by atoms with Crippen LogP contribution in [0.1, 0.15) is 53.8 Å². The summed E-state index contributed by atoms with van der Waals surface area (Å²) in [6.45, 7) is 6.59. The summed E-state index contributed by atoms with van der Waals surface area (Å²) in [6.07, 6.45) is 8.91. The Hall–Kier alpha value is -0.0400. The number of hydrogen-bond acceptors (Lipinski definition) is 1. The molecule has 1 spiro atoms. The van der Waals surface area contributed by atoms with Crippen LogP contribution in [0.25, 0.3) is 0 Å². The first kappa shape index (κ1) is 10.0. The maximum absolute atomic E-state index is 3.48. The van der Waals surface area contributed by atoms with Crippen LogP contribution in [0.3, 0.4) is 0 Å². The predicted molar refractivity (Wildman–Crippen MR) is 56.5 cm³/mol. The maximum Gasteiger partial charge on any atom is 0.000829 e. The first-order chi connectivity index (χ1) is 5.91. The fourth-order valence-electron chi connectivity index (χ4n) is 2.52. The normalized spacial score (nSPS) is 26.5. The molecular formula is C11H25N. The molecule has 1 heterocycles. The zero-order valence-electron chi connectivity index (χ0n) is 8.66. The van der Waals surface area contributed by atoms with E-state index in [1.54, 1.807) is 0 Å². The Morgan fingerprint density at radius 2 is 1.67 bits per heavy atom. The molecular weight excluding hydrogens is 146 g/mol. The standard InChI is InChI=1S/C9H17N.C2H6.H2/c1-2-4-9(5-3-1)6-7-10-8-9;1-2;/h10H,1-8H2;1-2H3;1H. The lowest BCUT2D eigenvalue weighted by Crippen LogP contribution is -2.26. The van der Waals surface area contributed by atoms with Gasteiger partial charge in [-0.05, 0) is 31.2 Å². The summed E-state index contributed by atoms with van der Waals surface area (Å²) in [7, 11) is 0. The Balaban J connectivity index is 0.000000451. The first-order valence-electron chi connectivity index (χ1n) is 5.62. The Labute approximate surface area is 78.4 Å². The fourth-order valence-corrected chi connectivity index (χ4v) is 2.52. The molecule has 1 aliphatic carbocycles. The van der Waals surface area contributed by atoms with Crippen molar-refractivity contribution in [1.82, 2.24) is 5.32 Å². The van der Waals surface area contributed by atoms with Crippen LogP contribution in [0.5, 0.6) is 0 Å². The average molecular weight is 171 g/mol. The van der Waals surface area contributed by atoms with E-state index in [1.807, 2.05) is 13.8 Å². The molecule has 2 aliphatic rings. The molecule has 1 nitrogen and oxygen atoms in total. The third kappa shape index (κ3) is 2.22. The first-order valence-corrected chi connectivity index (χ1v) is 5.62. The monoisotopic (exact) mass is 171 g/mol. The summed E-state index contributed by atoms with van der Waals surface area (Å²) in [5, 5.41) is 3.48. The lowest BCUT2D eigenvalue weighted by molar-refractivity contribution is 0.216. The van der Waals surface area contributed by atoms with Gasteiger partial charge in [0.25, 0.3) is 0 Å². The highest BCUT2D eigenvalue weighted by Crippen LogP contribution is 2.40. The molecule has 1 saturated carbocycles. The van der Waals surface area contributed by atoms with Crippen molar-refractivity contribution >= 4 is 0 Å². The molecule has 1 saturated heterocycles. The van der Waals surface area contributed by atoms with Crippen LogP contribution in [0.15, 0.2) is 0 Å². The van der Waals surface area contributed by atoms with Gasteiger partial charge in [-0.1, -0.05) is 33.1 Å². The minimum absolute atomic E-state index is 0. The van der Waals surface area contributed by atoms with Crippen molar-refractivity contribution in [3.05, 3.63) is 0 Å². The van der Waals surface area contributed by atoms with Gasteiger partial charge in [-0.25, -0.2) is 0 Å². The van der Waals surface area contributed by atoms with E-state index in [2.05, 4.69) is 5.32 Å². The van der Waals surface area contributed by atoms with Crippen LogP contribution in [-0.4, -0.2) is 13.1 Å². The summed E-state index contributed by atoms with van der Waals surface area (Å²) in [5.41, 5.74) is 0.762. The van der Waals surface area contributed by atoms with Crippen molar-refractivity contribution in [3.8, 4) is 0 Å². The Morgan fingerprint density at radius 3 is 2.17 bits per heavy atom. The summed E-state index contributed by atoms with van der Waals surface area (Å²) in [6, 6.07) is 0. The largest absolute Gasteiger partial charge is 0.316 e. The van der Waals surface area contributed by atoms with Crippen molar-refractivity contribution in [2.75, 3.05) is 13.1 Å². The smallest absolute Gasteiger partial charge is 0.000829 e. The van der Waals surface area contributed by atoms with Crippen LogP contribution >= 0.6 is 0 Å². The molecule has 0 unspecified atom stereocenters. The van der Waals surface area contributed by atoms with Crippen molar-refractivity contribution in [2.45, 2.75) is 52.4 Å². The Bertz CT molecular complexity index is 111. The SMILES string of the molecule is C1CCC2(CC1)CCNC2.CC.[HH]. The van der Waals surface area contributed by atoms with E-state index in [1.165, 1.54) is 51.6 Å². The van der Waals surface area contributed by atoms with E-state index in [0.29, 0.717) is 0 Å². The van der Waals surface area contributed by atoms with Gasteiger partial charge in [0.15, 0.2) is 0 Å². The molecule has 12 heavy (non-hydrogen) atoms. The van der Waals surface area contributed by atoms with Crippen LogP contribution in [0.4, 0.5) is 0 Å². The quantitative estimate of drug-likeness (QED) is 0.590. The third-order valence-corrected chi connectivity index (χ3v) is 3.25. The molecule has 0 amide bonds. The molecule has 0 aromatic heterocycles. The lowest BCUT2D eigenvalue weighted by Gasteiger charge is -2.32. The highest BCUT2D eigenvalue weighted by molar-refractivity contribution is 4.89. The molecule has 1 aliphatic heterocycles. The molecule has 2 rings (SSSR count). The highest BCUT2D eigenvalue weighted by atomic mass is 14.9. The third-order valence-electron chi connectivity index (χ3n) is 3.25. The lowest BCUT2D eigenvalue weighted by atomic mass is 9.74. The topological polar surface area (TPSA) is 12.0 Å². The molecule has 2 fully saturated rings. The Kier molecular flexibility index (Phi) is 4.07. The molecule has 1 heteroatoms. The fraction of sp³-hybridized carbons (Fsp3) is 1.00. The van der Waals surface area contributed by atoms with E-state index < -0.39 is 0 Å². The van der Waals surface area contributed by atoms with Crippen LogP contribution in [-0.2, 0) is 0 Å². The molecule has 74 valence electrons. The maximum atomic E-state index is 3.48. The van der Waals surface area contributed by atoms with Crippen molar-refractivity contribution in [1.29, 1.82) is 0 Å². The van der Waals surface area contributed by atoms with Gasteiger partial charge >= 0.3 is 0 Å². The van der Waals surface area contributed by atoms with Gasteiger partial charge < -0.3 is 5.32 Å². The van der Waals surface area contributed by atoms with E-state index in [0.717, 1.165) is 5.41 Å². The molecule has 1 N–H and O–H groups in total. The number of nitrogens with one attached hydrogen (secondary N) is 1. The minimum atomic E-state index is 0. The number of hydrogen-bond donors (Lipinski definition) is 1. The molecule has 0 aromatic carbocycles. The van der Waals surface area contributed by atoms with Gasteiger partial charge in [0.2, 0.25) is 0 Å². The minimum Gasteiger partial charge on any atom is -0.316 e. The number of rotatable bonds is 0. The summed E-state index contributed by atoms with van der Waals surface area (Å²) in [5.74, 6) is 0. The predicted octanol–water partition coefficient (Wildman–Crippen LogP) is 3.20. The molecule has 0 aromatic rings. The van der Waals surface area contributed by atoms with Gasteiger partial charge in [-0.15, -0.1) is 0 Å². The van der Waals surface area contributed by atoms with Crippen LogP contribution in [0, 0.1) is 5.41 Å². The van der Waals surface area contributed by atoms with E-state index >= 15 is 0 Å². The van der Waals surface area contributed by atoms with Crippen molar-refractivity contribution in [3.63, 3.8) is 0 Å². The van der Waals surface area contributed by atoms with Crippen LogP contribution < -0.4 is 5.32 Å². The Morgan fingerprint density at radius 1 is 1.00 bits per heavy atom. The van der Waals surface area contributed by atoms with E-state index in [4.69, 9.17) is 0 Å². The van der Waals surface area contributed by atoms with Crippen molar-refractivity contribution in [2.24, 2.45) is 5.41 Å². The average Bonchev–Trinajstić information content (AvgIpc) is 2.58.